The number of aryl methyl sites for hydroxylation is 2. The highest BCUT2D eigenvalue weighted by molar-refractivity contribution is 6.07. The molecule has 0 saturated carbocycles. The third kappa shape index (κ3) is 5.03. The maximum atomic E-state index is 13.2. The molecule has 7 nitrogen and oxygen atoms in total. The molecule has 1 aromatic rings. The molecule has 2 amide bonds. The van der Waals surface area contributed by atoms with Crippen molar-refractivity contribution in [3.63, 3.8) is 0 Å². The number of nitrogens with two attached hydrogens (primary N) is 1. The monoisotopic (exact) mass is 437 g/mol. The van der Waals surface area contributed by atoms with Crippen molar-refractivity contribution >= 4 is 23.7 Å². The lowest BCUT2D eigenvalue weighted by Gasteiger charge is -2.20. The zero-order chi connectivity index (χ0) is 23.5. The molecule has 0 saturated heterocycles. The molecule has 0 unspecified atom stereocenters. The van der Waals surface area contributed by atoms with Gasteiger partial charge in [0.2, 0.25) is 11.8 Å². The first kappa shape index (κ1) is 23.6. The van der Waals surface area contributed by atoms with Crippen LogP contribution in [-0.2, 0) is 21.4 Å². The van der Waals surface area contributed by atoms with E-state index < -0.39 is 11.3 Å². The van der Waals surface area contributed by atoms with Crippen LogP contribution in [0.2, 0.25) is 0 Å². The second kappa shape index (κ2) is 9.59. The molecule has 32 heavy (non-hydrogen) atoms. The van der Waals surface area contributed by atoms with Gasteiger partial charge in [-0.05, 0) is 83.6 Å². The van der Waals surface area contributed by atoms with E-state index in [0.29, 0.717) is 0 Å². The van der Waals surface area contributed by atoms with Crippen LogP contribution >= 0.6 is 0 Å². The number of aromatic nitrogens is 1. The molecule has 0 radical (unpaired) electrons. The minimum absolute atomic E-state index is 0.0162. The molecule has 2 aliphatic rings. The quantitative estimate of drug-likeness (QED) is 0.668. The fraction of sp³-hybridized carbons (Fsp3) is 0.480. The summed E-state index contributed by atoms with van der Waals surface area (Å²) in [4.78, 5) is 29.8. The minimum Gasteiger partial charge on any atom is -0.370 e. The Labute approximate surface area is 190 Å². The van der Waals surface area contributed by atoms with Crippen molar-refractivity contribution in [3.8, 4) is 0 Å². The van der Waals surface area contributed by atoms with Crippen LogP contribution in [0.5, 0.6) is 0 Å². The Hall–Kier alpha value is -3.09. The van der Waals surface area contributed by atoms with Crippen molar-refractivity contribution in [3.05, 3.63) is 52.0 Å². The van der Waals surface area contributed by atoms with E-state index in [1.165, 1.54) is 5.57 Å². The number of primary amides is 1. The van der Waals surface area contributed by atoms with Crippen molar-refractivity contribution in [1.82, 2.24) is 10.4 Å². The van der Waals surface area contributed by atoms with E-state index in [0.717, 1.165) is 59.6 Å². The first-order valence-corrected chi connectivity index (χ1v) is 11.3. The van der Waals surface area contributed by atoms with Crippen LogP contribution in [0.3, 0.4) is 0 Å². The van der Waals surface area contributed by atoms with Gasteiger partial charge < -0.3 is 15.6 Å². The number of nitrogens with zero attached hydrogens (tertiary/aromatic N) is 2. The Balaban J connectivity index is 2.16. The Kier molecular flexibility index (Phi) is 7.06. The highest BCUT2D eigenvalue weighted by Gasteiger charge is 2.43. The number of H-pyrrole nitrogens is 1. The second-order valence-electron chi connectivity index (χ2n) is 9.30. The summed E-state index contributed by atoms with van der Waals surface area (Å²) < 4.78 is 0. The molecule has 3 heterocycles. The van der Waals surface area contributed by atoms with Gasteiger partial charge in [-0.2, -0.15) is 5.10 Å². The topological polar surface area (TPSA) is 104 Å². The highest BCUT2D eigenvalue weighted by Crippen LogP contribution is 2.41. The van der Waals surface area contributed by atoms with Crippen molar-refractivity contribution in [1.29, 1.82) is 0 Å². The first-order valence-electron chi connectivity index (χ1n) is 11.3. The van der Waals surface area contributed by atoms with Gasteiger partial charge >= 0.3 is 0 Å². The summed E-state index contributed by atoms with van der Waals surface area (Å²) in [6.07, 6.45) is 6.03. The fourth-order valence-corrected chi connectivity index (χ4v) is 4.24. The van der Waals surface area contributed by atoms with E-state index >= 15 is 0 Å². The number of rotatable bonds is 3. The molecule has 3 rings (SSSR count). The van der Waals surface area contributed by atoms with Gasteiger partial charge in [0.25, 0.3) is 0 Å². The Morgan fingerprint density at radius 2 is 1.91 bits per heavy atom. The lowest BCUT2D eigenvalue weighted by molar-refractivity contribution is -0.122. The Morgan fingerprint density at radius 1 is 1.19 bits per heavy atom. The van der Waals surface area contributed by atoms with Gasteiger partial charge in [0, 0.05) is 30.0 Å². The number of allylic oxidation sites excluding steroid dienone is 2. The molecular weight excluding hydrogens is 402 g/mol. The standard InChI is InChI=1S/C25H35N5O2/c1-16-8-6-7-9-19-10-11-22-20(14-17(2)28-21(19)15-27-29-18(16)3)25(4,5)24(32)30(22)13-12-23(26)31/h10-11,14-15,28-29H,6-9,12-13H2,1-5H3,(H2,26,31)/b11-10?,17-14?,18-16+,21-19?,27-15+. The molecule has 0 aromatic carbocycles. The highest BCUT2D eigenvalue weighted by atomic mass is 16.2. The number of nitrogens with one attached hydrogen (secondary N) is 2. The van der Waals surface area contributed by atoms with Gasteiger partial charge in [0.1, 0.15) is 0 Å². The third-order valence-electron chi connectivity index (χ3n) is 6.40. The third-order valence-corrected chi connectivity index (χ3v) is 6.40. The number of carbonyl (C=O) groups is 2. The SMILES string of the molecule is C/C1=C(/C)N/N=C/c2[nH]c(C)cc3c(ccc2CCCC1)N(CCC(N)=O)C(=O)C3(C)C. The number of hydrogen-bond donors (Lipinski definition) is 3. The number of hydrazone groups is 1. The smallest absolute Gasteiger partial charge is 0.237 e. The summed E-state index contributed by atoms with van der Waals surface area (Å²) in [5.41, 5.74) is 15.0. The van der Waals surface area contributed by atoms with Crippen molar-refractivity contribution < 1.29 is 9.59 Å². The van der Waals surface area contributed by atoms with E-state index in [2.05, 4.69) is 35.4 Å². The zero-order valence-electron chi connectivity index (χ0n) is 19.8. The van der Waals surface area contributed by atoms with Crippen molar-refractivity contribution in [2.45, 2.75) is 72.1 Å². The van der Waals surface area contributed by atoms with E-state index in [9.17, 15) is 9.59 Å². The summed E-state index contributed by atoms with van der Waals surface area (Å²) in [5, 5.41) is 4.46. The molecular formula is C25H35N5O2. The normalized spacial score (nSPS) is 21.0. The van der Waals surface area contributed by atoms with Crippen LogP contribution in [0.25, 0.3) is 0 Å². The van der Waals surface area contributed by atoms with Gasteiger partial charge in [-0.25, -0.2) is 0 Å². The van der Waals surface area contributed by atoms with Crippen LogP contribution in [0, 0.1) is 6.92 Å². The average Bonchev–Trinajstić information content (AvgIpc) is 2.92. The van der Waals surface area contributed by atoms with Crippen LogP contribution < -0.4 is 16.1 Å². The van der Waals surface area contributed by atoms with Gasteiger partial charge in [-0.3, -0.25) is 15.0 Å². The number of anilines is 1. The first-order chi connectivity index (χ1) is 15.1. The van der Waals surface area contributed by atoms with Crippen LogP contribution in [-0.4, -0.2) is 29.6 Å². The van der Waals surface area contributed by atoms with Crippen LogP contribution in [0.1, 0.15) is 75.9 Å². The van der Waals surface area contributed by atoms with E-state index in [-0.39, 0.29) is 18.9 Å². The molecule has 2 aliphatic heterocycles. The molecule has 0 spiro atoms. The number of fused-ring (bicyclic) bond motifs is 2. The molecule has 0 atom stereocenters. The lowest BCUT2D eigenvalue weighted by atomic mass is 9.86. The number of carbonyl (C=O) groups excluding carboxylic acids is 2. The number of amides is 2. The summed E-state index contributed by atoms with van der Waals surface area (Å²) >= 11 is 0. The predicted octanol–water partition coefficient (Wildman–Crippen LogP) is 3.89. The molecule has 172 valence electrons. The average molecular weight is 438 g/mol. The lowest BCUT2D eigenvalue weighted by Crippen LogP contribution is -2.38. The van der Waals surface area contributed by atoms with Gasteiger partial charge in [-0.1, -0.05) is 11.6 Å². The maximum Gasteiger partial charge on any atom is 0.237 e. The molecule has 0 aliphatic carbocycles. The zero-order valence-corrected chi connectivity index (χ0v) is 19.8. The predicted molar refractivity (Wildman–Crippen MR) is 129 cm³/mol. The van der Waals surface area contributed by atoms with E-state index in [1.807, 2.05) is 39.1 Å². The Morgan fingerprint density at radius 3 is 2.62 bits per heavy atom. The van der Waals surface area contributed by atoms with Gasteiger partial charge in [0.05, 0.1) is 17.3 Å². The van der Waals surface area contributed by atoms with E-state index in [4.69, 9.17) is 5.73 Å². The largest absolute Gasteiger partial charge is 0.370 e. The minimum atomic E-state index is -0.694. The van der Waals surface area contributed by atoms with E-state index in [1.54, 1.807) is 4.90 Å². The fourth-order valence-electron chi connectivity index (χ4n) is 4.24. The molecule has 1 aromatic heterocycles. The Bertz CT molecular complexity index is 1030. The second-order valence-corrected chi connectivity index (χ2v) is 9.30. The van der Waals surface area contributed by atoms with Crippen LogP contribution in [0.15, 0.2) is 34.6 Å². The van der Waals surface area contributed by atoms with Crippen LogP contribution in [0.4, 0.5) is 5.69 Å². The number of aromatic amines is 1. The summed E-state index contributed by atoms with van der Waals surface area (Å²) in [6, 6.07) is 6.11. The molecule has 0 fully saturated rings. The summed E-state index contributed by atoms with van der Waals surface area (Å²) in [5.74, 6) is -0.432. The molecule has 0 bridgehead atoms. The number of hydrogen-bond acceptors (Lipinski definition) is 4. The summed E-state index contributed by atoms with van der Waals surface area (Å²) in [6.45, 7) is 10.3. The van der Waals surface area contributed by atoms with Gasteiger partial charge in [-0.15, -0.1) is 0 Å². The van der Waals surface area contributed by atoms with Crippen molar-refractivity contribution in [2.75, 3.05) is 11.4 Å². The van der Waals surface area contributed by atoms with Crippen molar-refractivity contribution in [2.24, 2.45) is 10.8 Å². The molecule has 7 heteroatoms. The van der Waals surface area contributed by atoms with Gasteiger partial charge in [0.15, 0.2) is 0 Å². The maximum absolute atomic E-state index is 13.2. The summed E-state index contributed by atoms with van der Waals surface area (Å²) in [7, 11) is 0. The molecule has 4 N–H and O–H groups in total.